The smallest absolute Gasteiger partial charge is 0.337 e. The number of anilines is 2. The van der Waals surface area contributed by atoms with E-state index in [0.717, 1.165) is 25.1 Å². The van der Waals surface area contributed by atoms with Gasteiger partial charge in [-0.15, -0.1) is 0 Å². The van der Waals surface area contributed by atoms with Crippen LogP contribution >= 0.6 is 11.6 Å². The Labute approximate surface area is 157 Å². The number of amides is 1. The molecule has 0 aromatic heterocycles. The lowest BCUT2D eigenvalue weighted by Crippen LogP contribution is -2.36. The minimum atomic E-state index is -0.425. The van der Waals surface area contributed by atoms with E-state index in [9.17, 15) is 9.59 Å². The van der Waals surface area contributed by atoms with Crippen LogP contribution in [-0.4, -0.2) is 32.1 Å². The van der Waals surface area contributed by atoms with Gasteiger partial charge in [0.25, 0.3) is 0 Å². The Morgan fingerprint density at radius 1 is 1.23 bits per heavy atom. The zero-order valence-electron chi connectivity index (χ0n) is 14.6. The SMILES string of the molecule is COC(=O)c1ccc(Cl)c(NCCC(=O)N2CCCc3ccccc32)c1. The molecular formula is C20H21ClN2O3. The molecule has 1 heterocycles. The van der Waals surface area contributed by atoms with Crippen molar-refractivity contribution in [2.24, 2.45) is 0 Å². The lowest BCUT2D eigenvalue weighted by Gasteiger charge is -2.29. The first-order chi connectivity index (χ1) is 12.6. The molecule has 3 rings (SSSR count). The van der Waals surface area contributed by atoms with Gasteiger partial charge < -0.3 is 15.0 Å². The van der Waals surface area contributed by atoms with E-state index in [0.29, 0.717) is 29.2 Å². The van der Waals surface area contributed by atoms with Gasteiger partial charge in [-0.1, -0.05) is 29.8 Å². The van der Waals surface area contributed by atoms with Crippen LogP contribution in [0.3, 0.4) is 0 Å². The van der Waals surface area contributed by atoms with Crippen LogP contribution in [0.25, 0.3) is 0 Å². The Morgan fingerprint density at radius 3 is 2.85 bits per heavy atom. The summed E-state index contributed by atoms with van der Waals surface area (Å²) >= 11 is 6.17. The Morgan fingerprint density at radius 2 is 2.04 bits per heavy atom. The lowest BCUT2D eigenvalue weighted by molar-refractivity contribution is -0.118. The van der Waals surface area contributed by atoms with E-state index in [2.05, 4.69) is 11.4 Å². The maximum Gasteiger partial charge on any atom is 0.337 e. The molecule has 6 heteroatoms. The summed E-state index contributed by atoms with van der Waals surface area (Å²) in [4.78, 5) is 26.1. The van der Waals surface area contributed by atoms with Crippen LogP contribution in [0.5, 0.6) is 0 Å². The van der Waals surface area contributed by atoms with Crippen LogP contribution in [0.4, 0.5) is 11.4 Å². The number of fused-ring (bicyclic) bond motifs is 1. The van der Waals surface area contributed by atoms with Crippen molar-refractivity contribution in [3.8, 4) is 0 Å². The van der Waals surface area contributed by atoms with Crippen LogP contribution in [0.2, 0.25) is 5.02 Å². The second kappa shape index (κ2) is 8.23. The summed E-state index contributed by atoms with van der Waals surface area (Å²) in [6, 6.07) is 12.9. The van der Waals surface area contributed by atoms with Gasteiger partial charge in [0.1, 0.15) is 0 Å². The molecule has 0 saturated carbocycles. The van der Waals surface area contributed by atoms with E-state index in [1.807, 2.05) is 23.1 Å². The predicted octanol–water partition coefficient (Wildman–Crippen LogP) is 3.91. The number of hydrogen-bond donors (Lipinski definition) is 1. The number of hydrogen-bond acceptors (Lipinski definition) is 4. The summed E-state index contributed by atoms with van der Waals surface area (Å²) in [5.74, 6) is -0.351. The van der Waals surface area contributed by atoms with Gasteiger partial charge in [0, 0.05) is 25.2 Å². The molecule has 1 aliphatic rings. The molecule has 0 atom stereocenters. The number of aryl methyl sites for hydroxylation is 1. The molecule has 136 valence electrons. The number of carbonyl (C=O) groups excluding carboxylic acids is 2. The van der Waals surface area contributed by atoms with Crippen molar-refractivity contribution in [1.29, 1.82) is 0 Å². The average molecular weight is 373 g/mol. The minimum Gasteiger partial charge on any atom is -0.465 e. The van der Waals surface area contributed by atoms with Crippen LogP contribution < -0.4 is 10.2 Å². The number of benzene rings is 2. The predicted molar refractivity (Wildman–Crippen MR) is 103 cm³/mol. The maximum absolute atomic E-state index is 12.6. The lowest BCUT2D eigenvalue weighted by atomic mass is 10.0. The fourth-order valence-electron chi connectivity index (χ4n) is 3.14. The van der Waals surface area contributed by atoms with Gasteiger partial charge >= 0.3 is 5.97 Å². The molecule has 1 N–H and O–H groups in total. The summed E-state index contributed by atoms with van der Waals surface area (Å²) in [6.07, 6.45) is 2.32. The Bertz CT molecular complexity index is 822. The second-order valence-corrected chi connectivity index (χ2v) is 6.55. The molecule has 1 aliphatic heterocycles. The van der Waals surface area contributed by atoms with Crippen molar-refractivity contribution in [3.05, 3.63) is 58.6 Å². The van der Waals surface area contributed by atoms with Crippen molar-refractivity contribution in [2.75, 3.05) is 30.4 Å². The van der Waals surface area contributed by atoms with Gasteiger partial charge in [-0.25, -0.2) is 4.79 Å². The number of carbonyl (C=O) groups is 2. The number of methoxy groups -OCH3 is 1. The van der Waals surface area contributed by atoms with E-state index in [4.69, 9.17) is 16.3 Å². The molecule has 0 spiro atoms. The molecule has 0 saturated heterocycles. The molecule has 0 unspecified atom stereocenters. The highest BCUT2D eigenvalue weighted by molar-refractivity contribution is 6.33. The van der Waals surface area contributed by atoms with E-state index in [1.54, 1.807) is 18.2 Å². The van der Waals surface area contributed by atoms with E-state index >= 15 is 0 Å². The van der Waals surface area contributed by atoms with Crippen molar-refractivity contribution >= 4 is 34.9 Å². The van der Waals surface area contributed by atoms with Gasteiger partial charge in [0.05, 0.1) is 23.4 Å². The number of nitrogens with one attached hydrogen (secondary N) is 1. The monoisotopic (exact) mass is 372 g/mol. The molecule has 0 bridgehead atoms. The summed E-state index contributed by atoms with van der Waals surface area (Å²) < 4.78 is 4.72. The average Bonchev–Trinajstić information content (AvgIpc) is 2.68. The summed E-state index contributed by atoms with van der Waals surface area (Å²) in [5.41, 5.74) is 3.25. The summed E-state index contributed by atoms with van der Waals surface area (Å²) in [5, 5.41) is 3.63. The first-order valence-electron chi connectivity index (χ1n) is 8.60. The highest BCUT2D eigenvalue weighted by atomic mass is 35.5. The third kappa shape index (κ3) is 3.99. The molecule has 0 aliphatic carbocycles. The fraction of sp³-hybridized carbons (Fsp3) is 0.300. The highest BCUT2D eigenvalue weighted by Gasteiger charge is 2.21. The fourth-order valence-corrected chi connectivity index (χ4v) is 3.32. The maximum atomic E-state index is 12.6. The van der Waals surface area contributed by atoms with Crippen LogP contribution in [0.15, 0.2) is 42.5 Å². The first kappa shape index (κ1) is 18.3. The van der Waals surface area contributed by atoms with Gasteiger partial charge in [-0.2, -0.15) is 0 Å². The van der Waals surface area contributed by atoms with Crippen molar-refractivity contribution in [2.45, 2.75) is 19.3 Å². The summed E-state index contributed by atoms with van der Waals surface area (Å²) in [6.45, 7) is 1.18. The number of ether oxygens (including phenoxy) is 1. The molecule has 26 heavy (non-hydrogen) atoms. The van der Waals surface area contributed by atoms with E-state index in [1.165, 1.54) is 12.7 Å². The quantitative estimate of drug-likeness (QED) is 0.808. The molecule has 0 radical (unpaired) electrons. The van der Waals surface area contributed by atoms with Crippen LogP contribution in [-0.2, 0) is 16.0 Å². The Hall–Kier alpha value is -2.53. The normalized spacial score (nSPS) is 13.1. The highest BCUT2D eigenvalue weighted by Crippen LogP contribution is 2.27. The number of nitrogens with zero attached hydrogens (tertiary/aromatic N) is 1. The molecule has 0 fully saturated rings. The molecular weight excluding hydrogens is 352 g/mol. The van der Waals surface area contributed by atoms with Gasteiger partial charge in [0.15, 0.2) is 0 Å². The topological polar surface area (TPSA) is 58.6 Å². The van der Waals surface area contributed by atoms with Crippen LogP contribution in [0.1, 0.15) is 28.8 Å². The van der Waals surface area contributed by atoms with E-state index < -0.39 is 5.97 Å². The zero-order chi connectivity index (χ0) is 18.5. The largest absolute Gasteiger partial charge is 0.465 e. The van der Waals surface area contributed by atoms with Gasteiger partial charge in [-0.3, -0.25) is 4.79 Å². The van der Waals surface area contributed by atoms with Gasteiger partial charge in [0.2, 0.25) is 5.91 Å². The molecule has 2 aromatic carbocycles. The van der Waals surface area contributed by atoms with Crippen molar-refractivity contribution in [3.63, 3.8) is 0 Å². The van der Waals surface area contributed by atoms with Crippen LogP contribution in [0, 0.1) is 0 Å². The van der Waals surface area contributed by atoms with Gasteiger partial charge in [-0.05, 0) is 42.7 Å². The molecule has 2 aromatic rings. The molecule has 1 amide bonds. The number of halogens is 1. The van der Waals surface area contributed by atoms with E-state index in [-0.39, 0.29) is 5.91 Å². The third-order valence-corrected chi connectivity index (χ3v) is 4.78. The number of esters is 1. The first-order valence-corrected chi connectivity index (χ1v) is 8.98. The minimum absolute atomic E-state index is 0.0740. The standard InChI is InChI=1S/C20H21ClN2O3/c1-26-20(25)15-8-9-16(21)17(13-15)22-11-10-19(24)23-12-4-6-14-5-2-3-7-18(14)23/h2-3,5,7-9,13,22H,4,6,10-12H2,1H3. The third-order valence-electron chi connectivity index (χ3n) is 4.45. The zero-order valence-corrected chi connectivity index (χ0v) is 15.4. The Kier molecular flexibility index (Phi) is 5.78. The summed E-state index contributed by atoms with van der Waals surface area (Å²) in [7, 11) is 1.33. The second-order valence-electron chi connectivity index (χ2n) is 6.14. The molecule has 5 nitrogen and oxygen atoms in total. The number of para-hydroxylation sites is 1. The van der Waals surface area contributed by atoms with Crippen molar-refractivity contribution < 1.29 is 14.3 Å². The number of rotatable bonds is 5. The van der Waals surface area contributed by atoms with Crippen molar-refractivity contribution in [1.82, 2.24) is 0 Å². The Balaban J connectivity index is 1.62.